The first kappa shape index (κ1) is 27.6. The van der Waals surface area contributed by atoms with Crippen LogP contribution in [0, 0.1) is 0 Å². The van der Waals surface area contributed by atoms with E-state index in [-0.39, 0.29) is 11.9 Å². The van der Waals surface area contributed by atoms with E-state index in [2.05, 4.69) is 29.9 Å². The lowest BCUT2D eigenvalue weighted by Crippen LogP contribution is -2.50. The first-order valence-corrected chi connectivity index (χ1v) is 13.6. The van der Waals surface area contributed by atoms with E-state index in [1.807, 2.05) is 34.9 Å². The molecule has 214 valence electrons. The van der Waals surface area contributed by atoms with Crippen molar-refractivity contribution in [2.24, 2.45) is 0 Å². The lowest BCUT2D eigenvalue weighted by atomic mass is 10.2. The summed E-state index contributed by atoms with van der Waals surface area (Å²) in [4.78, 5) is 34.5. The van der Waals surface area contributed by atoms with Gasteiger partial charge in [0, 0.05) is 48.5 Å². The number of fused-ring (bicyclic) bond motifs is 1. The summed E-state index contributed by atoms with van der Waals surface area (Å²) in [6.07, 6.45) is 2.76. The molecule has 1 fully saturated rings. The number of hydrogen-bond donors (Lipinski definition) is 1. The Morgan fingerprint density at radius 1 is 0.929 bits per heavy atom. The van der Waals surface area contributed by atoms with Crippen LogP contribution in [0.1, 0.15) is 0 Å². The maximum atomic E-state index is 12.9. The topological polar surface area (TPSA) is 101 Å². The summed E-state index contributed by atoms with van der Waals surface area (Å²) >= 11 is 12.7. The third-order valence-electron chi connectivity index (χ3n) is 6.69. The van der Waals surface area contributed by atoms with Crippen molar-refractivity contribution in [3.05, 3.63) is 83.2 Å². The molecule has 5 aromatic rings. The average Bonchev–Trinajstić information content (AvgIpc) is 3.38. The highest BCUT2D eigenvalue weighted by Gasteiger charge is 2.26. The van der Waals surface area contributed by atoms with Crippen molar-refractivity contribution in [2.45, 2.75) is 6.61 Å². The quantitative estimate of drug-likeness (QED) is 0.246. The van der Waals surface area contributed by atoms with Crippen LogP contribution >= 0.6 is 23.2 Å². The van der Waals surface area contributed by atoms with Gasteiger partial charge in [-0.05, 0) is 42.5 Å². The van der Waals surface area contributed by atoms with Crippen LogP contribution in [0.2, 0.25) is 10.0 Å². The van der Waals surface area contributed by atoms with E-state index in [1.54, 1.807) is 23.1 Å². The Balaban J connectivity index is 1.25. The normalized spacial score (nSPS) is 13.5. The molecule has 0 bridgehead atoms. The molecule has 6 rings (SSSR count). The van der Waals surface area contributed by atoms with Gasteiger partial charge in [0.1, 0.15) is 12.2 Å². The fourth-order valence-electron chi connectivity index (χ4n) is 4.71. The summed E-state index contributed by atoms with van der Waals surface area (Å²) in [5.41, 5.74) is 3.11. The number of pyridine rings is 1. The number of carbonyl (C=O) groups excluding carboxylic acids is 1. The maximum Gasteiger partial charge on any atom is 0.388 e. The molecule has 0 saturated carbocycles. The second kappa shape index (κ2) is 11.7. The highest BCUT2D eigenvalue weighted by molar-refractivity contribution is 6.33. The van der Waals surface area contributed by atoms with Crippen molar-refractivity contribution in [3.8, 4) is 23.0 Å². The predicted molar refractivity (Wildman–Crippen MR) is 156 cm³/mol. The number of anilines is 2. The Morgan fingerprint density at radius 3 is 2.38 bits per heavy atom. The minimum Gasteiger partial charge on any atom is -0.417 e. The number of amides is 2. The molecule has 1 saturated heterocycles. The van der Waals surface area contributed by atoms with E-state index in [0.29, 0.717) is 64.7 Å². The van der Waals surface area contributed by atoms with Crippen molar-refractivity contribution in [1.29, 1.82) is 0 Å². The number of nitrogens with zero attached hydrogens (tertiary/aromatic N) is 7. The standard InChI is InChI=1S/C28H22Cl2F2N8O2/c29-17-5-8-19(9-6-17)40-24(20-3-1-2-4-21(20)30)37-23-25(34-16-35-26(23)40)38-11-13-39(14-12-38)28(41)36-18-7-10-22(33-15-18)42-27(31)32/h1-10,15-16,27H,11-14H2,(H,36,41). The molecule has 0 unspecified atom stereocenters. The SMILES string of the molecule is O=C(Nc1ccc(OC(F)F)nc1)N1CCN(c2ncnc3c2nc(-c2ccccc2Cl)n3-c2ccc(Cl)cc2)CC1. The fraction of sp³-hybridized carbons (Fsp3) is 0.179. The number of nitrogens with one attached hydrogen (secondary N) is 1. The van der Waals surface area contributed by atoms with E-state index >= 15 is 0 Å². The first-order valence-electron chi connectivity index (χ1n) is 12.8. The molecule has 1 aliphatic heterocycles. The number of rotatable bonds is 6. The Bertz CT molecular complexity index is 1730. The fourth-order valence-corrected chi connectivity index (χ4v) is 5.06. The molecule has 4 heterocycles. The van der Waals surface area contributed by atoms with Gasteiger partial charge in [0.2, 0.25) is 5.88 Å². The molecule has 1 N–H and O–H groups in total. The van der Waals surface area contributed by atoms with Crippen LogP contribution in [0.3, 0.4) is 0 Å². The van der Waals surface area contributed by atoms with Crippen LogP contribution < -0.4 is 15.0 Å². The molecule has 1 aliphatic rings. The maximum absolute atomic E-state index is 12.9. The molecule has 3 aromatic heterocycles. The zero-order valence-corrected chi connectivity index (χ0v) is 23.3. The zero-order chi connectivity index (χ0) is 29.2. The van der Waals surface area contributed by atoms with Crippen molar-refractivity contribution in [1.82, 2.24) is 29.4 Å². The molecule has 0 atom stereocenters. The number of imidazole rings is 1. The first-order chi connectivity index (χ1) is 20.4. The van der Waals surface area contributed by atoms with Crippen LogP contribution in [-0.4, -0.2) is 68.2 Å². The Hall–Kier alpha value is -4.55. The van der Waals surface area contributed by atoms with Crippen molar-refractivity contribution in [3.63, 3.8) is 0 Å². The second-order valence-corrected chi connectivity index (χ2v) is 10.1. The van der Waals surface area contributed by atoms with Gasteiger partial charge < -0.3 is 19.9 Å². The number of ether oxygens (including phenoxy) is 1. The summed E-state index contributed by atoms with van der Waals surface area (Å²) in [7, 11) is 0. The van der Waals surface area contributed by atoms with Gasteiger partial charge in [-0.1, -0.05) is 35.3 Å². The van der Waals surface area contributed by atoms with Crippen molar-refractivity contribution >= 4 is 51.9 Å². The molecule has 0 radical (unpaired) electrons. The van der Waals surface area contributed by atoms with Crippen LogP contribution in [0.5, 0.6) is 5.88 Å². The van der Waals surface area contributed by atoms with Crippen LogP contribution in [-0.2, 0) is 0 Å². The molecule has 10 nitrogen and oxygen atoms in total. The molecule has 2 amide bonds. The van der Waals surface area contributed by atoms with Gasteiger partial charge in [-0.2, -0.15) is 8.78 Å². The van der Waals surface area contributed by atoms with E-state index in [4.69, 9.17) is 28.2 Å². The number of halogens is 4. The van der Waals surface area contributed by atoms with Gasteiger partial charge >= 0.3 is 12.6 Å². The molecule has 42 heavy (non-hydrogen) atoms. The van der Waals surface area contributed by atoms with Crippen LogP contribution in [0.4, 0.5) is 25.1 Å². The lowest BCUT2D eigenvalue weighted by molar-refractivity contribution is -0.0528. The van der Waals surface area contributed by atoms with Crippen LogP contribution in [0.15, 0.2) is 73.2 Å². The average molecular weight is 611 g/mol. The second-order valence-electron chi connectivity index (χ2n) is 9.26. The molecule has 14 heteroatoms. The van der Waals surface area contributed by atoms with E-state index in [0.717, 1.165) is 11.3 Å². The zero-order valence-electron chi connectivity index (χ0n) is 21.8. The number of carbonyl (C=O) groups is 1. The minimum absolute atomic E-state index is 0.232. The molecule has 0 spiro atoms. The van der Waals surface area contributed by atoms with E-state index in [1.165, 1.54) is 24.7 Å². The molecular formula is C28H22Cl2F2N8O2. The predicted octanol–water partition coefficient (Wildman–Crippen LogP) is 6.14. The number of hydrogen-bond acceptors (Lipinski definition) is 7. The number of alkyl halides is 2. The smallest absolute Gasteiger partial charge is 0.388 e. The molecular weight excluding hydrogens is 589 g/mol. The van der Waals surface area contributed by atoms with Gasteiger partial charge in [-0.25, -0.2) is 24.7 Å². The molecule has 2 aromatic carbocycles. The number of aromatic nitrogens is 5. The number of urea groups is 1. The van der Waals surface area contributed by atoms with Crippen molar-refractivity contribution < 1.29 is 18.3 Å². The number of piperazine rings is 1. The number of benzene rings is 2. The van der Waals surface area contributed by atoms with Gasteiger partial charge in [0.15, 0.2) is 17.0 Å². The highest BCUT2D eigenvalue weighted by Crippen LogP contribution is 2.35. The van der Waals surface area contributed by atoms with E-state index < -0.39 is 6.61 Å². The van der Waals surface area contributed by atoms with Gasteiger partial charge in [-0.15, -0.1) is 0 Å². The van der Waals surface area contributed by atoms with E-state index in [9.17, 15) is 13.6 Å². The van der Waals surface area contributed by atoms with Crippen LogP contribution in [0.25, 0.3) is 28.2 Å². The Kier molecular flexibility index (Phi) is 7.72. The largest absolute Gasteiger partial charge is 0.417 e. The Morgan fingerprint density at radius 2 is 1.69 bits per heavy atom. The highest BCUT2D eigenvalue weighted by atomic mass is 35.5. The third-order valence-corrected chi connectivity index (χ3v) is 7.27. The summed E-state index contributed by atoms with van der Waals surface area (Å²) in [5.74, 6) is 1.01. The third kappa shape index (κ3) is 5.63. The van der Waals surface area contributed by atoms with Crippen molar-refractivity contribution in [2.75, 3.05) is 36.4 Å². The summed E-state index contributed by atoms with van der Waals surface area (Å²) in [6, 6.07) is 17.2. The molecule has 0 aliphatic carbocycles. The minimum atomic E-state index is -2.97. The van der Waals surface area contributed by atoms with Gasteiger partial charge in [-0.3, -0.25) is 4.57 Å². The summed E-state index contributed by atoms with van der Waals surface area (Å²) < 4.78 is 30.9. The summed E-state index contributed by atoms with van der Waals surface area (Å²) in [6.45, 7) is -1.17. The Labute approximate surface area is 248 Å². The van der Waals surface area contributed by atoms with Gasteiger partial charge in [0.05, 0.1) is 16.9 Å². The van der Waals surface area contributed by atoms with Gasteiger partial charge in [0.25, 0.3) is 0 Å². The summed E-state index contributed by atoms with van der Waals surface area (Å²) in [5, 5.41) is 3.88. The lowest BCUT2D eigenvalue weighted by Gasteiger charge is -2.35. The monoisotopic (exact) mass is 610 g/mol.